The molecule has 0 aromatic carbocycles. The lowest BCUT2D eigenvalue weighted by Gasteiger charge is -2.31. The SMILES string of the molecule is CC(=O)O[C@@H]1C[C@@](O)(C(=O)O)CC=C1C. The van der Waals surface area contributed by atoms with Crippen LogP contribution in [-0.2, 0) is 14.3 Å². The van der Waals surface area contributed by atoms with Gasteiger partial charge in [-0.3, -0.25) is 4.79 Å². The Morgan fingerprint density at radius 1 is 1.60 bits per heavy atom. The minimum Gasteiger partial charge on any atom is -0.479 e. The molecule has 0 unspecified atom stereocenters. The number of aliphatic hydroxyl groups is 1. The molecule has 0 bridgehead atoms. The molecule has 0 fully saturated rings. The number of aliphatic carboxylic acids is 1. The van der Waals surface area contributed by atoms with Crippen molar-refractivity contribution in [2.75, 3.05) is 0 Å². The molecule has 0 aliphatic heterocycles. The predicted octanol–water partition coefficient (Wildman–Crippen LogP) is 0.474. The average Bonchev–Trinajstić information content (AvgIpc) is 2.10. The Labute approximate surface area is 87.4 Å². The molecule has 1 aliphatic rings. The number of carbonyl (C=O) groups excluding carboxylic acids is 1. The Balaban J connectivity index is 2.83. The summed E-state index contributed by atoms with van der Waals surface area (Å²) in [6.45, 7) is 3.00. The van der Waals surface area contributed by atoms with E-state index in [1.807, 2.05) is 0 Å². The second kappa shape index (κ2) is 4.02. The molecule has 0 saturated carbocycles. The molecule has 0 aromatic rings. The van der Waals surface area contributed by atoms with E-state index in [0.29, 0.717) is 0 Å². The van der Waals surface area contributed by atoms with Gasteiger partial charge in [-0.15, -0.1) is 0 Å². The van der Waals surface area contributed by atoms with Gasteiger partial charge in [-0.25, -0.2) is 4.79 Å². The molecule has 0 spiro atoms. The van der Waals surface area contributed by atoms with Crippen molar-refractivity contribution >= 4 is 11.9 Å². The Hall–Kier alpha value is -1.36. The third-order valence-corrected chi connectivity index (χ3v) is 2.50. The van der Waals surface area contributed by atoms with Crippen LogP contribution in [0.3, 0.4) is 0 Å². The monoisotopic (exact) mass is 214 g/mol. The first kappa shape index (κ1) is 11.7. The van der Waals surface area contributed by atoms with Gasteiger partial charge in [-0.2, -0.15) is 0 Å². The van der Waals surface area contributed by atoms with E-state index in [9.17, 15) is 14.7 Å². The van der Waals surface area contributed by atoms with E-state index in [4.69, 9.17) is 9.84 Å². The van der Waals surface area contributed by atoms with Crippen molar-refractivity contribution < 1.29 is 24.5 Å². The van der Waals surface area contributed by atoms with Crippen LogP contribution in [0.2, 0.25) is 0 Å². The summed E-state index contributed by atoms with van der Waals surface area (Å²) in [7, 11) is 0. The number of hydrogen-bond acceptors (Lipinski definition) is 4. The van der Waals surface area contributed by atoms with Crippen molar-refractivity contribution in [3.05, 3.63) is 11.6 Å². The maximum absolute atomic E-state index is 10.8. The van der Waals surface area contributed by atoms with Crippen molar-refractivity contribution in [2.24, 2.45) is 0 Å². The molecule has 0 amide bonds. The smallest absolute Gasteiger partial charge is 0.336 e. The summed E-state index contributed by atoms with van der Waals surface area (Å²) in [5, 5.41) is 18.5. The number of carbonyl (C=O) groups is 2. The molecule has 15 heavy (non-hydrogen) atoms. The quantitative estimate of drug-likeness (QED) is 0.515. The number of hydrogen-bond donors (Lipinski definition) is 2. The maximum atomic E-state index is 10.8. The standard InChI is InChI=1S/C10H14O5/c1-6-3-4-10(14,9(12)13)5-8(6)15-7(2)11/h3,8,14H,4-5H2,1-2H3,(H,12,13)/t8-,10-/m1/s1. The summed E-state index contributed by atoms with van der Waals surface area (Å²) < 4.78 is 4.92. The Morgan fingerprint density at radius 2 is 2.20 bits per heavy atom. The van der Waals surface area contributed by atoms with Gasteiger partial charge in [0.25, 0.3) is 0 Å². The summed E-state index contributed by atoms with van der Waals surface area (Å²) in [4.78, 5) is 21.6. The van der Waals surface area contributed by atoms with Crippen LogP contribution < -0.4 is 0 Å². The molecule has 0 radical (unpaired) electrons. The highest BCUT2D eigenvalue weighted by Gasteiger charge is 2.41. The highest BCUT2D eigenvalue weighted by atomic mass is 16.5. The zero-order chi connectivity index (χ0) is 11.6. The lowest BCUT2D eigenvalue weighted by Crippen LogP contribution is -2.44. The first-order valence-corrected chi connectivity index (χ1v) is 4.65. The number of carboxylic acids is 1. The number of esters is 1. The maximum Gasteiger partial charge on any atom is 0.336 e. The van der Waals surface area contributed by atoms with E-state index in [0.717, 1.165) is 5.57 Å². The van der Waals surface area contributed by atoms with Crippen LogP contribution in [0.25, 0.3) is 0 Å². The molecule has 2 N–H and O–H groups in total. The van der Waals surface area contributed by atoms with E-state index in [-0.39, 0.29) is 12.8 Å². The van der Waals surface area contributed by atoms with Crippen molar-refractivity contribution in [1.29, 1.82) is 0 Å². The number of rotatable bonds is 2. The van der Waals surface area contributed by atoms with E-state index < -0.39 is 23.6 Å². The summed E-state index contributed by atoms with van der Waals surface area (Å²) >= 11 is 0. The highest BCUT2D eigenvalue weighted by Crippen LogP contribution is 2.29. The molecule has 2 atom stereocenters. The second-order valence-corrected chi connectivity index (χ2v) is 3.79. The summed E-state index contributed by atoms with van der Waals surface area (Å²) in [5.74, 6) is -1.77. The normalized spacial score (nSPS) is 30.6. The predicted molar refractivity (Wildman–Crippen MR) is 51.1 cm³/mol. The van der Waals surface area contributed by atoms with E-state index in [1.54, 1.807) is 13.0 Å². The van der Waals surface area contributed by atoms with Crippen LogP contribution in [0, 0.1) is 0 Å². The van der Waals surface area contributed by atoms with Gasteiger partial charge in [0.05, 0.1) is 0 Å². The lowest BCUT2D eigenvalue weighted by molar-refractivity contribution is -0.166. The third-order valence-electron chi connectivity index (χ3n) is 2.50. The van der Waals surface area contributed by atoms with E-state index in [2.05, 4.69) is 0 Å². The fraction of sp³-hybridized carbons (Fsp3) is 0.600. The lowest BCUT2D eigenvalue weighted by atomic mass is 9.84. The molecule has 1 aliphatic carbocycles. The topological polar surface area (TPSA) is 83.8 Å². The zero-order valence-corrected chi connectivity index (χ0v) is 8.69. The van der Waals surface area contributed by atoms with E-state index in [1.165, 1.54) is 6.92 Å². The Bertz CT molecular complexity index is 320. The molecule has 0 aromatic heterocycles. The minimum absolute atomic E-state index is 0.0476. The second-order valence-electron chi connectivity index (χ2n) is 3.79. The van der Waals surface area contributed by atoms with Crippen molar-refractivity contribution in [2.45, 2.75) is 38.4 Å². The Kier molecular flexibility index (Phi) is 3.14. The van der Waals surface area contributed by atoms with Crippen molar-refractivity contribution in [3.8, 4) is 0 Å². The third kappa shape index (κ3) is 2.56. The van der Waals surface area contributed by atoms with Gasteiger partial charge in [-0.05, 0) is 12.5 Å². The van der Waals surface area contributed by atoms with Crippen LogP contribution in [-0.4, -0.2) is 33.9 Å². The van der Waals surface area contributed by atoms with Gasteiger partial charge >= 0.3 is 11.9 Å². The molecular formula is C10H14O5. The van der Waals surface area contributed by atoms with Gasteiger partial charge in [0.1, 0.15) is 6.10 Å². The van der Waals surface area contributed by atoms with Gasteiger partial charge in [0.15, 0.2) is 5.60 Å². The average molecular weight is 214 g/mol. The molecule has 0 heterocycles. The van der Waals surface area contributed by atoms with Gasteiger partial charge in [-0.1, -0.05) is 6.08 Å². The van der Waals surface area contributed by atoms with Gasteiger partial charge < -0.3 is 14.9 Å². The first-order chi connectivity index (χ1) is 6.85. The molecule has 5 heteroatoms. The molecule has 0 saturated heterocycles. The highest BCUT2D eigenvalue weighted by molar-refractivity contribution is 5.78. The van der Waals surface area contributed by atoms with Crippen LogP contribution in [0.4, 0.5) is 0 Å². The van der Waals surface area contributed by atoms with Crippen molar-refractivity contribution in [1.82, 2.24) is 0 Å². The summed E-state index contributed by atoms with van der Waals surface area (Å²) in [5.41, 5.74) is -1.05. The summed E-state index contributed by atoms with van der Waals surface area (Å²) in [6.07, 6.45) is 0.902. The largest absolute Gasteiger partial charge is 0.479 e. The Morgan fingerprint density at radius 3 is 2.67 bits per heavy atom. The molecule has 84 valence electrons. The minimum atomic E-state index is -1.82. The van der Waals surface area contributed by atoms with Crippen LogP contribution in [0.15, 0.2) is 11.6 Å². The van der Waals surface area contributed by atoms with Crippen LogP contribution in [0.1, 0.15) is 26.7 Å². The molecule has 5 nitrogen and oxygen atoms in total. The fourth-order valence-electron chi connectivity index (χ4n) is 1.52. The fourth-order valence-corrected chi connectivity index (χ4v) is 1.52. The molecular weight excluding hydrogens is 200 g/mol. The molecule has 1 rings (SSSR count). The van der Waals surface area contributed by atoms with E-state index >= 15 is 0 Å². The van der Waals surface area contributed by atoms with Crippen molar-refractivity contribution in [3.63, 3.8) is 0 Å². The van der Waals surface area contributed by atoms with Crippen LogP contribution >= 0.6 is 0 Å². The van der Waals surface area contributed by atoms with Gasteiger partial charge in [0.2, 0.25) is 0 Å². The summed E-state index contributed by atoms with van der Waals surface area (Å²) in [6, 6.07) is 0. The van der Waals surface area contributed by atoms with Gasteiger partial charge in [0, 0.05) is 19.8 Å². The number of ether oxygens (including phenoxy) is 1. The van der Waals surface area contributed by atoms with Crippen LogP contribution in [0.5, 0.6) is 0 Å². The first-order valence-electron chi connectivity index (χ1n) is 4.65. The zero-order valence-electron chi connectivity index (χ0n) is 8.69. The number of carboxylic acid groups (broad SMARTS) is 1.